The number of hydrogen-bond acceptors (Lipinski definition) is 2. The first-order chi connectivity index (χ1) is 8.38. The highest BCUT2D eigenvalue weighted by Crippen LogP contribution is 2.26. The first kappa shape index (κ1) is 17.7. The van der Waals surface area contributed by atoms with Crippen molar-refractivity contribution in [2.75, 3.05) is 14.1 Å². The van der Waals surface area contributed by atoms with Gasteiger partial charge in [-0.1, -0.05) is 51.1 Å². The molecule has 0 heterocycles. The van der Waals surface area contributed by atoms with E-state index in [0.717, 1.165) is 22.4 Å². The molecule has 0 fully saturated rings. The monoisotopic (exact) mass is 266 g/mol. The Morgan fingerprint density at radius 1 is 1.11 bits per heavy atom. The Kier molecular flexibility index (Phi) is 8.65. The Balaban J connectivity index is 5.16. The van der Waals surface area contributed by atoms with E-state index in [9.17, 15) is 0 Å². The molecule has 3 heteroatoms. The van der Waals surface area contributed by atoms with Crippen LogP contribution in [0.15, 0.2) is 16.8 Å². The predicted molar refractivity (Wildman–Crippen MR) is 85.7 cm³/mol. The van der Waals surface area contributed by atoms with Crippen molar-refractivity contribution < 1.29 is 0 Å². The molecule has 0 amide bonds. The smallest absolute Gasteiger partial charge is 0.419 e. The quantitative estimate of drug-likeness (QED) is 0.489. The zero-order valence-corrected chi connectivity index (χ0v) is 14.8. The molecular weight excluding hydrogens is 235 g/mol. The highest BCUT2D eigenvalue weighted by Gasteiger charge is 2.32. The van der Waals surface area contributed by atoms with E-state index < -0.39 is 14.4 Å². The van der Waals surface area contributed by atoms with Crippen molar-refractivity contribution in [3.05, 3.63) is 11.8 Å². The molecule has 0 radical (unpaired) electrons. The lowest BCUT2D eigenvalue weighted by Gasteiger charge is -2.33. The van der Waals surface area contributed by atoms with E-state index in [2.05, 4.69) is 63.5 Å². The van der Waals surface area contributed by atoms with Crippen LogP contribution in [-0.4, -0.2) is 38.1 Å². The molecule has 0 unspecified atom stereocenters. The maximum Gasteiger partial charge on any atom is 0.419 e. The second-order valence-electron chi connectivity index (χ2n) is 5.65. The zero-order valence-electron chi connectivity index (χ0n) is 13.6. The minimum Gasteiger partial charge on any atom is -0.468 e. The van der Waals surface area contributed by atoms with Gasteiger partial charge in [0.15, 0.2) is 0 Å². The summed E-state index contributed by atoms with van der Waals surface area (Å²) in [7, 11) is 4.18. The third-order valence-corrected chi connectivity index (χ3v) is 7.57. The van der Waals surface area contributed by atoms with Crippen LogP contribution in [0.4, 0.5) is 0 Å². The van der Waals surface area contributed by atoms with Gasteiger partial charge in [-0.2, -0.15) is 0 Å². The van der Waals surface area contributed by atoms with Crippen LogP contribution in [-0.2, 0) is 0 Å². The van der Waals surface area contributed by atoms with E-state index in [1.807, 2.05) is 7.05 Å². The van der Waals surface area contributed by atoms with Crippen molar-refractivity contribution in [2.24, 2.45) is 4.99 Å². The van der Waals surface area contributed by atoms with Crippen LogP contribution in [0.5, 0.6) is 0 Å². The molecule has 0 spiro atoms. The first-order valence-electron chi connectivity index (χ1n) is 7.27. The average Bonchev–Trinajstić information content (AvgIpc) is 2.29. The van der Waals surface area contributed by atoms with Gasteiger partial charge in [0.2, 0.25) is 0 Å². The van der Waals surface area contributed by atoms with Gasteiger partial charge in [-0.05, 0) is 31.7 Å². The van der Waals surface area contributed by atoms with E-state index in [1.165, 1.54) is 11.4 Å². The molecule has 0 bridgehead atoms. The molecule has 2 nitrogen and oxygen atoms in total. The van der Waals surface area contributed by atoms with E-state index in [4.69, 9.17) is 0 Å². The molecular formula is C15H31AlN2. The predicted octanol–water partition coefficient (Wildman–Crippen LogP) is 4.50. The van der Waals surface area contributed by atoms with Gasteiger partial charge >= 0.3 is 14.4 Å². The number of allylic oxidation sites excluding steroid dienone is 2. The fraction of sp³-hybridized carbons (Fsp3) is 0.800. The fourth-order valence-corrected chi connectivity index (χ4v) is 6.79. The van der Waals surface area contributed by atoms with Crippen LogP contribution in [0.3, 0.4) is 0 Å². The third kappa shape index (κ3) is 5.16. The molecule has 0 saturated heterocycles. The lowest BCUT2D eigenvalue weighted by Crippen LogP contribution is -2.40. The molecule has 0 rings (SSSR count). The third-order valence-electron chi connectivity index (χ3n) is 3.61. The Morgan fingerprint density at radius 3 is 1.89 bits per heavy atom. The lowest BCUT2D eigenvalue weighted by atomic mass is 10.2. The Bertz CT molecular complexity index is 285. The normalized spacial score (nSPS) is 13.4. The van der Waals surface area contributed by atoms with Crippen LogP contribution in [0.2, 0.25) is 9.56 Å². The number of nitrogens with zero attached hydrogens (tertiary/aromatic N) is 2. The van der Waals surface area contributed by atoms with Gasteiger partial charge in [0.05, 0.1) is 0 Å². The molecule has 0 aliphatic rings. The van der Waals surface area contributed by atoms with Gasteiger partial charge in [0, 0.05) is 12.8 Å². The molecule has 0 aliphatic heterocycles. The maximum absolute atomic E-state index is 4.35. The molecule has 0 aromatic carbocycles. The molecule has 0 N–H and O–H groups in total. The van der Waals surface area contributed by atoms with Crippen molar-refractivity contribution >= 4 is 20.1 Å². The van der Waals surface area contributed by atoms with Gasteiger partial charge in [-0.15, -0.1) is 0 Å². The van der Waals surface area contributed by atoms with Crippen molar-refractivity contribution in [3.63, 3.8) is 0 Å². The summed E-state index contributed by atoms with van der Waals surface area (Å²) in [5.74, 6) is 0. The summed E-state index contributed by atoms with van der Waals surface area (Å²) in [6.45, 7) is 13.9. The number of aliphatic imine (C=N–C) groups is 1. The molecule has 0 aromatic rings. The van der Waals surface area contributed by atoms with Crippen LogP contribution in [0.25, 0.3) is 0 Å². The summed E-state index contributed by atoms with van der Waals surface area (Å²) in [6.07, 6.45) is 4.41. The molecule has 0 atom stereocenters. The van der Waals surface area contributed by atoms with Crippen molar-refractivity contribution in [1.29, 1.82) is 0 Å². The molecule has 18 heavy (non-hydrogen) atoms. The van der Waals surface area contributed by atoms with E-state index in [0.29, 0.717) is 0 Å². The second-order valence-corrected chi connectivity index (χ2v) is 10.1. The van der Waals surface area contributed by atoms with Crippen LogP contribution in [0, 0.1) is 0 Å². The number of hydrogen-bond donors (Lipinski definition) is 0. The molecule has 104 valence electrons. The largest absolute Gasteiger partial charge is 0.468 e. The summed E-state index contributed by atoms with van der Waals surface area (Å²) in [6, 6.07) is 0. The molecule has 0 saturated carbocycles. The van der Waals surface area contributed by atoms with Crippen LogP contribution in [0.1, 0.15) is 54.4 Å². The minimum atomic E-state index is -0.921. The topological polar surface area (TPSA) is 15.6 Å². The highest BCUT2D eigenvalue weighted by molar-refractivity contribution is 6.59. The van der Waals surface area contributed by atoms with Gasteiger partial charge < -0.3 is 3.88 Å². The lowest BCUT2D eigenvalue weighted by molar-refractivity contribution is 0.583. The Morgan fingerprint density at radius 2 is 1.61 bits per heavy atom. The summed E-state index contributed by atoms with van der Waals surface area (Å²) in [5.41, 5.74) is 2.66. The highest BCUT2D eigenvalue weighted by atomic mass is 27.2. The van der Waals surface area contributed by atoms with E-state index in [-0.39, 0.29) is 0 Å². The zero-order chi connectivity index (χ0) is 14.3. The van der Waals surface area contributed by atoms with E-state index >= 15 is 0 Å². The Hall–Kier alpha value is -0.258. The molecule has 0 aliphatic carbocycles. The summed E-state index contributed by atoms with van der Waals surface area (Å²) < 4.78 is 4.19. The van der Waals surface area contributed by atoms with Crippen molar-refractivity contribution in [1.82, 2.24) is 3.88 Å². The summed E-state index contributed by atoms with van der Waals surface area (Å²) in [4.78, 5) is 4.35. The number of rotatable bonds is 7. The van der Waals surface area contributed by atoms with E-state index in [1.54, 1.807) is 0 Å². The summed E-state index contributed by atoms with van der Waals surface area (Å²) >= 11 is -0.921. The van der Waals surface area contributed by atoms with Crippen molar-refractivity contribution in [2.45, 2.75) is 63.9 Å². The molecule has 0 aromatic heterocycles. The second kappa shape index (κ2) is 8.78. The fourth-order valence-electron chi connectivity index (χ4n) is 2.83. The SMILES string of the molecule is CCC(/C=C(/CC)[N](C)[Al]([CH](C)C)[CH](C)C)=NC. The maximum atomic E-state index is 4.35. The standard InChI is InChI=1S/C9H17N2.2C3H7.Al/c1-5-8(10-3)7-9(6-2)11-4;2*1-3-2;/h7H,5-6H2,1-4H3;2*3H,1-2H3;/q-1;;;+1/b8-7-,11-9?;;;. The Labute approximate surface area is 119 Å². The first-order valence-corrected chi connectivity index (χ1v) is 9.12. The average molecular weight is 266 g/mol. The van der Waals surface area contributed by atoms with Crippen LogP contribution >= 0.6 is 0 Å². The van der Waals surface area contributed by atoms with Crippen molar-refractivity contribution in [3.8, 4) is 0 Å². The van der Waals surface area contributed by atoms with Gasteiger partial charge in [0.1, 0.15) is 0 Å². The van der Waals surface area contributed by atoms with Gasteiger partial charge in [0.25, 0.3) is 0 Å². The van der Waals surface area contributed by atoms with Crippen LogP contribution < -0.4 is 0 Å². The minimum absolute atomic E-state index is 0.800. The van der Waals surface area contributed by atoms with Gasteiger partial charge in [-0.25, -0.2) is 0 Å². The summed E-state index contributed by atoms with van der Waals surface area (Å²) in [5, 5.41) is 0. The van der Waals surface area contributed by atoms with Gasteiger partial charge in [-0.3, -0.25) is 4.99 Å².